The summed E-state index contributed by atoms with van der Waals surface area (Å²) < 4.78 is 5.28. The Balaban J connectivity index is 1.70. The molecule has 1 aromatic carbocycles. The first kappa shape index (κ1) is 17.5. The summed E-state index contributed by atoms with van der Waals surface area (Å²) in [4.78, 5) is 35.8. The monoisotopic (exact) mass is 347 g/mol. The molecule has 8 heteroatoms. The van der Waals surface area contributed by atoms with E-state index in [0.717, 1.165) is 0 Å². The van der Waals surface area contributed by atoms with Crippen LogP contribution in [0.5, 0.6) is 5.75 Å². The number of para-hydroxylation sites is 1. The molecular formula is C16H17N3O4S. The summed E-state index contributed by atoms with van der Waals surface area (Å²) in [6.45, 7) is 1.30. The van der Waals surface area contributed by atoms with E-state index < -0.39 is 23.8 Å². The lowest BCUT2D eigenvalue weighted by atomic mass is 10.3. The molecule has 1 heterocycles. The fourth-order valence-electron chi connectivity index (χ4n) is 1.71. The fourth-order valence-corrected chi connectivity index (χ4v) is 2.33. The van der Waals surface area contributed by atoms with Crippen LogP contribution in [0, 0.1) is 0 Å². The second-order valence-electron chi connectivity index (χ2n) is 4.81. The highest BCUT2D eigenvalue weighted by atomic mass is 32.1. The number of carbonyl (C=O) groups excluding carboxylic acids is 3. The number of hydrogen-bond acceptors (Lipinski definition) is 5. The average Bonchev–Trinajstić information content (AvgIpc) is 3.13. The summed E-state index contributed by atoms with van der Waals surface area (Å²) in [5.74, 6) is -0.823. The zero-order chi connectivity index (χ0) is 17.4. The Kier molecular flexibility index (Phi) is 6.32. The van der Waals surface area contributed by atoms with Gasteiger partial charge in [-0.15, -0.1) is 11.3 Å². The molecule has 0 aliphatic carbocycles. The minimum Gasteiger partial charge on any atom is -0.484 e. The predicted molar refractivity (Wildman–Crippen MR) is 89.5 cm³/mol. The maximum absolute atomic E-state index is 11.8. The van der Waals surface area contributed by atoms with Crippen LogP contribution < -0.4 is 20.9 Å². The molecule has 0 radical (unpaired) electrons. The van der Waals surface area contributed by atoms with Crippen molar-refractivity contribution in [2.24, 2.45) is 0 Å². The lowest BCUT2D eigenvalue weighted by Gasteiger charge is -2.14. The van der Waals surface area contributed by atoms with Crippen LogP contribution in [0.25, 0.3) is 0 Å². The average molecular weight is 347 g/mol. The molecule has 3 N–H and O–H groups in total. The fraction of sp³-hybridized carbons (Fsp3) is 0.188. The van der Waals surface area contributed by atoms with Gasteiger partial charge in [0, 0.05) is 0 Å². The van der Waals surface area contributed by atoms with Crippen molar-refractivity contribution in [3.63, 3.8) is 0 Å². The van der Waals surface area contributed by atoms with Gasteiger partial charge in [-0.05, 0) is 30.5 Å². The highest BCUT2D eigenvalue weighted by molar-refractivity contribution is 7.12. The molecule has 2 aromatic rings. The van der Waals surface area contributed by atoms with E-state index >= 15 is 0 Å². The second-order valence-corrected chi connectivity index (χ2v) is 5.76. The van der Waals surface area contributed by atoms with E-state index in [1.165, 1.54) is 18.3 Å². The van der Waals surface area contributed by atoms with Crippen molar-refractivity contribution in [3.05, 3.63) is 52.7 Å². The van der Waals surface area contributed by atoms with Gasteiger partial charge in [-0.25, -0.2) is 0 Å². The Bertz CT molecular complexity index is 689. The van der Waals surface area contributed by atoms with Crippen LogP contribution in [0.2, 0.25) is 0 Å². The topological polar surface area (TPSA) is 96.5 Å². The van der Waals surface area contributed by atoms with Gasteiger partial charge in [0.1, 0.15) is 11.8 Å². The van der Waals surface area contributed by atoms with Crippen LogP contribution in [0.15, 0.2) is 47.8 Å². The minimum atomic E-state index is -0.819. The van der Waals surface area contributed by atoms with Crippen LogP contribution in [-0.2, 0) is 9.59 Å². The van der Waals surface area contributed by atoms with Gasteiger partial charge >= 0.3 is 0 Å². The van der Waals surface area contributed by atoms with Crippen LogP contribution in [0.3, 0.4) is 0 Å². The molecule has 1 aromatic heterocycles. The number of hydrogen-bond donors (Lipinski definition) is 3. The molecular weight excluding hydrogens is 330 g/mol. The number of amides is 3. The third kappa shape index (κ3) is 5.40. The SMILES string of the molecule is C[C@H](NC(=O)COc1ccccc1)C(=O)NNC(=O)c1cccs1. The van der Waals surface area contributed by atoms with Gasteiger partial charge in [-0.1, -0.05) is 24.3 Å². The molecule has 0 saturated carbocycles. The second kappa shape index (κ2) is 8.68. The molecule has 0 aliphatic rings. The summed E-state index contributed by atoms with van der Waals surface area (Å²) >= 11 is 1.26. The first-order valence-corrected chi connectivity index (χ1v) is 8.05. The van der Waals surface area contributed by atoms with Crippen LogP contribution in [-0.4, -0.2) is 30.4 Å². The van der Waals surface area contributed by atoms with E-state index in [1.807, 2.05) is 6.07 Å². The maximum Gasteiger partial charge on any atom is 0.279 e. The maximum atomic E-state index is 11.8. The van der Waals surface area contributed by atoms with E-state index in [9.17, 15) is 14.4 Å². The molecule has 126 valence electrons. The van der Waals surface area contributed by atoms with Gasteiger partial charge in [0.05, 0.1) is 4.88 Å². The van der Waals surface area contributed by atoms with E-state index in [4.69, 9.17) is 4.74 Å². The van der Waals surface area contributed by atoms with E-state index in [2.05, 4.69) is 16.2 Å². The van der Waals surface area contributed by atoms with Crippen molar-refractivity contribution >= 4 is 29.1 Å². The van der Waals surface area contributed by atoms with Gasteiger partial charge in [0.15, 0.2) is 6.61 Å². The summed E-state index contributed by atoms with van der Waals surface area (Å²) in [6, 6.07) is 11.4. The quantitative estimate of drug-likeness (QED) is 0.682. The van der Waals surface area contributed by atoms with Crippen molar-refractivity contribution in [1.29, 1.82) is 0 Å². The Morgan fingerprint density at radius 2 is 1.83 bits per heavy atom. The van der Waals surface area contributed by atoms with Crippen molar-refractivity contribution < 1.29 is 19.1 Å². The number of benzene rings is 1. The lowest BCUT2D eigenvalue weighted by molar-refractivity contribution is -0.130. The number of hydrazine groups is 1. The van der Waals surface area contributed by atoms with Crippen molar-refractivity contribution in [2.45, 2.75) is 13.0 Å². The molecule has 1 atom stereocenters. The first-order valence-electron chi connectivity index (χ1n) is 7.17. The zero-order valence-electron chi connectivity index (χ0n) is 12.9. The Hall–Kier alpha value is -2.87. The highest BCUT2D eigenvalue weighted by Gasteiger charge is 2.17. The number of ether oxygens (including phenoxy) is 1. The molecule has 3 amide bonds. The van der Waals surface area contributed by atoms with Gasteiger partial charge < -0.3 is 10.1 Å². The van der Waals surface area contributed by atoms with E-state index in [0.29, 0.717) is 10.6 Å². The van der Waals surface area contributed by atoms with Gasteiger partial charge in [-0.3, -0.25) is 25.2 Å². The normalized spacial score (nSPS) is 11.2. The molecule has 0 bridgehead atoms. The lowest BCUT2D eigenvalue weighted by Crippen LogP contribution is -2.51. The molecule has 0 fully saturated rings. The standard InChI is InChI=1S/C16H17N3O4S/c1-11(15(21)18-19-16(22)13-8-5-9-24-13)17-14(20)10-23-12-6-3-2-4-7-12/h2-9,11H,10H2,1H3,(H,17,20)(H,18,21)(H,19,22)/t11-/m0/s1. The Morgan fingerprint density at radius 3 is 2.50 bits per heavy atom. The van der Waals surface area contributed by atoms with Gasteiger partial charge in [-0.2, -0.15) is 0 Å². The number of thiophene rings is 1. The van der Waals surface area contributed by atoms with E-state index in [1.54, 1.807) is 41.8 Å². The molecule has 0 aliphatic heterocycles. The Morgan fingerprint density at radius 1 is 1.08 bits per heavy atom. The molecule has 2 rings (SSSR count). The van der Waals surface area contributed by atoms with Crippen LogP contribution >= 0.6 is 11.3 Å². The third-order valence-electron chi connectivity index (χ3n) is 2.93. The molecule has 7 nitrogen and oxygen atoms in total. The molecule has 0 saturated heterocycles. The summed E-state index contributed by atoms with van der Waals surface area (Å²) in [6.07, 6.45) is 0. The predicted octanol–water partition coefficient (Wildman–Crippen LogP) is 1.09. The summed E-state index contributed by atoms with van der Waals surface area (Å²) in [5, 5.41) is 4.24. The number of rotatable bonds is 6. The number of nitrogens with one attached hydrogen (secondary N) is 3. The van der Waals surface area contributed by atoms with E-state index in [-0.39, 0.29) is 6.61 Å². The summed E-state index contributed by atoms with van der Waals surface area (Å²) in [5.41, 5.74) is 4.55. The van der Waals surface area contributed by atoms with Gasteiger partial charge in [0.2, 0.25) is 0 Å². The van der Waals surface area contributed by atoms with Gasteiger partial charge in [0.25, 0.3) is 17.7 Å². The van der Waals surface area contributed by atoms with Crippen molar-refractivity contribution in [3.8, 4) is 5.75 Å². The van der Waals surface area contributed by atoms with Crippen molar-refractivity contribution in [2.75, 3.05) is 6.61 Å². The van der Waals surface area contributed by atoms with Crippen molar-refractivity contribution in [1.82, 2.24) is 16.2 Å². The number of carbonyl (C=O) groups is 3. The minimum absolute atomic E-state index is 0.205. The Labute approximate surface area is 143 Å². The zero-order valence-corrected chi connectivity index (χ0v) is 13.8. The highest BCUT2D eigenvalue weighted by Crippen LogP contribution is 2.08. The smallest absolute Gasteiger partial charge is 0.279 e. The largest absolute Gasteiger partial charge is 0.484 e. The molecule has 0 spiro atoms. The molecule has 0 unspecified atom stereocenters. The molecule has 24 heavy (non-hydrogen) atoms. The first-order chi connectivity index (χ1) is 11.6. The van der Waals surface area contributed by atoms with Crippen LogP contribution in [0.1, 0.15) is 16.6 Å². The van der Waals surface area contributed by atoms with Crippen LogP contribution in [0.4, 0.5) is 0 Å². The summed E-state index contributed by atoms with van der Waals surface area (Å²) in [7, 11) is 0. The third-order valence-corrected chi connectivity index (χ3v) is 3.80.